The van der Waals surface area contributed by atoms with Crippen molar-refractivity contribution in [1.82, 2.24) is 0 Å². The summed E-state index contributed by atoms with van der Waals surface area (Å²) in [4.78, 5) is 12.0. The number of ketones is 1. The van der Waals surface area contributed by atoms with Gasteiger partial charge in [0, 0.05) is 17.3 Å². The van der Waals surface area contributed by atoms with Gasteiger partial charge in [-0.25, -0.2) is 0 Å². The van der Waals surface area contributed by atoms with Crippen molar-refractivity contribution in [2.24, 2.45) is 0 Å². The Morgan fingerprint density at radius 1 is 0.905 bits per heavy atom. The van der Waals surface area contributed by atoms with Gasteiger partial charge < -0.3 is 0 Å². The highest BCUT2D eigenvalue weighted by molar-refractivity contribution is 9.09. The number of Topliss-reactive ketones (excluding diaryl/α,β-unsaturated/α-hetero) is 1. The molecule has 0 aliphatic carbocycles. The van der Waals surface area contributed by atoms with Gasteiger partial charge in [-0.2, -0.15) is 0 Å². The number of carbonyl (C=O) groups is 1. The first-order chi connectivity index (χ1) is 10.3. The summed E-state index contributed by atoms with van der Waals surface area (Å²) >= 11 is 3.42. The molecule has 1 rings (SSSR count). The lowest BCUT2D eigenvalue weighted by Gasteiger charge is -2.04. The Morgan fingerprint density at radius 3 is 2.24 bits per heavy atom. The van der Waals surface area contributed by atoms with Crippen molar-refractivity contribution < 1.29 is 4.79 Å². The molecule has 0 N–H and O–H groups in total. The van der Waals surface area contributed by atoms with Crippen LogP contribution in [0.4, 0.5) is 0 Å². The second-order valence-electron chi connectivity index (χ2n) is 5.78. The molecule has 0 atom stereocenters. The van der Waals surface area contributed by atoms with Crippen molar-refractivity contribution in [2.45, 2.75) is 71.1 Å². The Kier molecular flexibility index (Phi) is 10.5. The molecule has 0 saturated carbocycles. The first-order valence-corrected chi connectivity index (χ1v) is 9.58. The summed E-state index contributed by atoms with van der Waals surface area (Å²) in [5, 5.41) is 1.04. The van der Waals surface area contributed by atoms with E-state index in [0.29, 0.717) is 12.2 Å². The molecule has 1 nitrogen and oxygen atoms in total. The molecule has 0 saturated heterocycles. The molecule has 1 aromatic rings. The second-order valence-corrected chi connectivity index (χ2v) is 6.58. The van der Waals surface area contributed by atoms with Crippen molar-refractivity contribution in [3.05, 3.63) is 35.4 Å². The van der Waals surface area contributed by atoms with Gasteiger partial charge in [0.25, 0.3) is 0 Å². The van der Waals surface area contributed by atoms with Crippen LogP contribution in [0.15, 0.2) is 24.3 Å². The van der Waals surface area contributed by atoms with E-state index >= 15 is 0 Å². The van der Waals surface area contributed by atoms with Crippen LogP contribution < -0.4 is 0 Å². The molecule has 0 bridgehead atoms. The van der Waals surface area contributed by atoms with Crippen LogP contribution >= 0.6 is 15.9 Å². The van der Waals surface area contributed by atoms with Crippen LogP contribution in [0, 0.1) is 0 Å². The summed E-state index contributed by atoms with van der Waals surface area (Å²) in [7, 11) is 0. The van der Waals surface area contributed by atoms with Gasteiger partial charge in [-0.1, -0.05) is 79.2 Å². The maximum absolute atomic E-state index is 12.0. The summed E-state index contributed by atoms with van der Waals surface area (Å²) in [6.45, 7) is 2.25. The minimum absolute atomic E-state index is 0.291. The lowest BCUT2D eigenvalue weighted by atomic mass is 10.0. The molecule has 21 heavy (non-hydrogen) atoms. The van der Waals surface area contributed by atoms with Gasteiger partial charge in [0.1, 0.15) is 0 Å². The quantitative estimate of drug-likeness (QED) is 0.243. The molecule has 118 valence electrons. The fourth-order valence-corrected chi connectivity index (χ4v) is 2.89. The van der Waals surface area contributed by atoms with Crippen LogP contribution in [0.3, 0.4) is 0 Å². The Balaban J connectivity index is 2.27. The van der Waals surface area contributed by atoms with Gasteiger partial charge in [-0.05, 0) is 31.2 Å². The SMILES string of the molecule is CCCCCCCc1ccc(C(=O)CCCCCBr)cc1. The highest BCUT2D eigenvalue weighted by Crippen LogP contribution is 2.13. The van der Waals surface area contributed by atoms with Crippen LogP contribution in [0.2, 0.25) is 0 Å². The molecule has 0 unspecified atom stereocenters. The molecule has 0 heterocycles. The molecule has 0 spiro atoms. The van der Waals surface area contributed by atoms with E-state index in [2.05, 4.69) is 35.0 Å². The smallest absolute Gasteiger partial charge is 0.162 e. The Morgan fingerprint density at radius 2 is 1.57 bits per heavy atom. The summed E-state index contributed by atoms with van der Waals surface area (Å²) in [5.74, 6) is 0.291. The zero-order valence-corrected chi connectivity index (χ0v) is 15.0. The number of hydrogen-bond acceptors (Lipinski definition) is 1. The van der Waals surface area contributed by atoms with E-state index in [4.69, 9.17) is 0 Å². The molecule has 1 aromatic carbocycles. The van der Waals surface area contributed by atoms with Crippen LogP contribution in [0.1, 0.15) is 80.6 Å². The van der Waals surface area contributed by atoms with Crippen molar-refractivity contribution >= 4 is 21.7 Å². The summed E-state index contributed by atoms with van der Waals surface area (Å²) in [6.07, 6.45) is 11.7. The van der Waals surface area contributed by atoms with Gasteiger partial charge in [0.2, 0.25) is 0 Å². The Labute approximate surface area is 138 Å². The zero-order chi connectivity index (χ0) is 15.3. The van der Waals surface area contributed by atoms with Crippen molar-refractivity contribution in [1.29, 1.82) is 0 Å². The number of unbranched alkanes of at least 4 members (excludes halogenated alkanes) is 6. The summed E-state index contributed by atoms with van der Waals surface area (Å²) in [5.41, 5.74) is 2.24. The topological polar surface area (TPSA) is 17.1 Å². The fraction of sp³-hybridized carbons (Fsp3) is 0.632. The molecule has 0 aromatic heterocycles. The third kappa shape index (κ3) is 8.40. The Bertz CT molecular complexity index is 383. The number of rotatable bonds is 12. The van der Waals surface area contributed by atoms with Gasteiger partial charge in [0.15, 0.2) is 5.78 Å². The monoisotopic (exact) mass is 352 g/mol. The third-order valence-electron chi connectivity index (χ3n) is 3.88. The average Bonchev–Trinajstić information content (AvgIpc) is 2.52. The molecular weight excluding hydrogens is 324 g/mol. The lowest BCUT2D eigenvalue weighted by Crippen LogP contribution is -1.99. The molecule has 0 amide bonds. The minimum Gasteiger partial charge on any atom is -0.294 e. The molecule has 0 aliphatic heterocycles. The molecule has 0 radical (unpaired) electrons. The number of benzene rings is 1. The van der Waals surface area contributed by atoms with Gasteiger partial charge in [-0.15, -0.1) is 0 Å². The summed E-state index contributed by atoms with van der Waals surface area (Å²) in [6, 6.07) is 8.28. The highest BCUT2D eigenvalue weighted by atomic mass is 79.9. The first-order valence-electron chi connectivity index (χ1n) is 8.46. The van der Waals surface area contributed by atoms with E-state index in [1.165, 1.54) is 37.7 Å². The number of hydrogen-bond donors (Lipinski definition) is 0. The predicted octanol–water partition coefficient (Wildman–Crippen LogP) is 6.34. The molecule has 2 heteroatoms. The van der Waals surface area contributed by atoms with Crippen LogP contribution in [0.5, 0.6) is 0 Å². The average molecular weight is 353 g/mol. The zero-order valence-electron chi connectivity index (χ0n) is 13.4. The maximum Gasteiger partial charge on any atom is 0.162 e. The van der Waals surface area contributed by atoms with Crippen LogP contribution in [-0.2, 0) is 6.42 Å². The summed E-state index contributed by atoms with van der Waals surface area (Å²) < 4.78 is 0. The molecule has 0 fully saturated rings. The Hall–Kier alpha value is -0.630. The predicted molar refractivity (Wildman–Crippen MR) is 95.5 cm³/mol. The molecular formula is C19H29BrO. The van der Waals surface area contributed by atoms with Crippen molar-refractivity contribution in [2.75, 3.05) is 5.33 Å². The number of halogens is 1. The molecule has 0 aliphatic rings. The van der Waals surface area contributed by atoms with E-state index in [9.17, 15) is 4.79 Å². The van der Waals surface area contributed by atoms with Crippen LogP contribution in [0.25, 0.3) is 0 Å². The highest BCUT2D eigenvalue weighted by Gasteiger charge is 2.05. The standard InChI is InChI=1S/C19H29BrO/c1-2-3-4-5-7-10-17-12-14-18(15-13-17)19(21)11-8-6-9-16-20/h12-15H,2-11,16H2,1H3. The van der Waals surface area contributed by atoms with E-state index in [-0.39, 0.29) is 0 Å². The number of carbonyl (C=O) groups excluding carboxylic acids is 1. The van der Waals surface area contributed by atoms with Gasteiger partial charge in [-0.3, -0.25) is 4.79 Å². The van der Waals surface area contributed by atoms with Crippen molar-refractivity contribution in [3.63, 3.8) is 0 Å². The number of alkyl halides is 1. The lowest BCUT2D eigenvalue weighted by molar-refractivity contribution is 0.0979. The van der Waals surface area contributed by atoms with E-state index in [1.807, 2.05) is 12.1 Å². The second kappa shape index (κ2) is 12.0. The van der Waals surface area contributed by atoms with Gasteiger partial charge in [0.05, 0.1) is 0 Å². The largest absolute Gasteiger partial charge is 0.294 e. The van der Waals surface area contributed by atoms with Crippen LogP contribution in [-0.4, -0.2) is 11.1 Å². The first kappa shape index (κ1) is 18.4. The van der Waals surface area contributed by atoms with E-state index < -0.39 is 0 Å². The maximum atomic E-state index is 12.0. The fourth-order valence-electron chi connectivity index (χ4n) is 2.49. The third-order valence-corrected chi connectivity index (χ3v) is 4.44. The van der Waals surface area contributed by atoms with E-state index in [1.54, 1.807) is 0 Å². The van der Waals surface area contributed by atoms with Crippen molar-refractivity contribution in [3.8, 4) is 0 Å². The minimum atomic E-state index is 0.291. The number of aryl methyl sites for hydroxylation is 1. The van der Waals surface area contributed by atoms with Gasteiger partial charge >= 0.3 is 0 Å². The normalized spacial score (nSPS) is 10.8. The van der Waals surface area contributed by atoms with E-state index in [0.717, 1.165) is 36.6 Å².